The molecule has 1 aliphatic rings. The van der Waals surface area contributed by atoms with Crippen molar-refractivity contribution in [2.45, 2.75) is 38.6 Å². The Hall–Kier alpha value is -0.840. The highest BCUT2D eigenvalue weighted by Crippen LogP contribution is 2.25. The molecular formula is C14H23ClN4. The molecule has 1 heterocycles. The summed E-state index contributed by atoms with van der Waals surface area (Å²) in [4.78, 5) is 6.72. The third-order valence-corrected chi connectivity index (χ3v) is 4.12. The third kappa shape index (κ3) is 4.34. The quantitative estimate of drug-likeness (QED) is 0.644. The van der Waals surface area contributed by atoms with Gasteiger partial charge in [0.05, 0.1) is 10.7 Å². The number of halogens is 1. The lowest BCUT2D eigenvalue weighted by Gasteiger charge is -2.27. The standard InChI is InChI=1S/C14H23ClN4/c1-19(9-11-5-3-2-4-6-11)10-13-12(15)7-8-14(17-13)18-16/h7-8,11H,2-6,9-10,16H2,1H3,(H,17,18). The fourth-order valence-electron chi connectivity index (χ4n) is 2.81. The van der Waals surface area contributed by atoms with E-state index in [0.717, 1.165) is 24.7 Å². The minimum Gasteiger partial charge on any atom is -0.308 e. The SMILES string of the molecule is CN(Cc1nc(NN)ccc1Cl)CC1CCCCC1. The van der Waals surface area contributed by atoms with Crippen molar-refractivity contribution in [1.29, 1.82) is 0 Å². The maximum Gasteiger partial charge on any atom is 0.140 e. The third-order valence-electron chi connectivity index (χ3n) is 3.78. The van der Waals surface area contributed by atoms with Gasteiger partial charge in [-0.05, 0) is 37.9 Å². The predicted octanol–water partition coefficient (Wildman–Crippen LogP) is 3.03. The molecule has 0 amide bonds. The molecule has 3 N–H and O–H groups in total. The van der Waals surface area contributed by atoms with Crippen LogP contribution in [0.25, 0.3) is 0 Å². The molecule has 1 aliphatic carbocycles. The second kappa shape index (κ2) is 7.08. The zero-order valence-corrected chi connectivity index (χ0v) is 12.3. The molecule has 0 saturated heterocycles. The maximum atomic E-state index is 6.18. The van der Waals surface area contributed by atoms with E-state index in [0.29, 0.717) is 10.8 Å². The Balaban J connectivity index is 1.92. The van der Waals surface area contributed by atoms with E-state index in [1.54, 1.807) is 6.07 Å². The molecule has 0 atom stereocenters. The highest BCUT2D eigenvalue weighted by molar-refractivity contribution is 6.31. The Kier molecular flexibility index (Phi) is 5.43. The summed E-state index contributed by atoms with van der Waals surface area (Å²) in [6, 6.07) is 3.63. The van der Waals surface area contributed by atoms with Crippen molar-refractivity contribution in [3.05, 3.63) is 22.8 Å². The molecule has 1 aromatic rings. The van der Waals surface area contributed by atoms with E-state index in [2.05, 4.69) is 22.4 Å². The van der Waals surface area contributed by atoms with Crippen LogP contribution >= 0.6 is 11.6 Å². The second-order valence-corrected chi connectivity index (χ2v) is 5.88. The number of hydrazine groups is 1. The van der Waals surface area contributed by atoms with Crippen LogP contribution in [0.3, 0.4) is 0 Å². The summed E-state index contributed by atoms with van der Waals surface area (Å²) in [5, 5.41) is 0.703. The van der Waals surface area contributed by atoms with Crippen molar-refractivity contribution in [2.24, 2.45) is 11.8 Å². The lowest BCUT2D eigenvalue weighted by Crippen LogP contribution is -2.27. The molecule has 1 aromatic heterocycles. The molecule has 0 spiro atoms. The molecule has 106 valence electrons. The van der Waals surface area contributed by atoms with Crippen molar-refractivity contribution in [3.63, 3.8) is 0 Å². The number of hydrogen-bond donors (Lipinski definition) is 2. The van der Waals surface area contributed by atoms with Crippen molar-refractivity contribution in [1.82, 2.24) is 9.88 Å². The summed E-state index contributed by atoms with van der Waals surface area (Å²) >= 11 is 6.18. The number of hydrogen-bond acceptors (Lipinski definition) is 4. The van der Waals surface area contributed by atoms with Crippen molar-refractivity contribution in [2.75, 3.05) is 19.0 Å². The first-order valence-electron chi connectivity index (χ1n) is 6.99. The van der Waals surface area contributed by atoms with E-state index in [1.165, 1.54) is 32.1 Å². The summed E-state index contributed by atoms with van der Waals surface area (Å²) in [7, 11) is 2.13. The summed E-state index contributed by atoms with van der Waals surface area (Å²) in [5.41, 5.74) is 3.45. The second-order valence-electron chi connectivity index (χ2n) is 5.47. The van der Waals surface area contributed by atoms with Gasteiger partial charge in [-0.2, -0.15) is 0 Å². The lowest BCUT2D eigenvalue weighted by atomic mass is 9.89. The van der Waals surface area contributed by atoms with Crippen LogP contribution in [0.2, 0.25) is 5.02 Å². The predicted molar refractivity (Wildman–Crippen MR) is 80.0 cm³/mol. The summed E-state index contributed by atoms with van der Waals surface area (Å²) < 4.78 is 0. The van der Waals surface area contributed by atoms with E-state index in [4.69, 9.17) is 17.4 Å². The van der Waals surface area contributed by atoms with Crippen LogP contribution in [0.5, 0.6) is 0 Å². The van der Waals surface area contributed by atoms with Gasteiger partial charge >= 0.3 is 0 Å². The summed E-state index contributed by atoms with van der Waals surface area (Å²) in [5.74, 6) is 6.86. The highest BCUT2D eigenvalue weighted by atomic mass is 35.5. The molecule has 19 heavy (non-hydrogen) atoms. The van der Waals surface area contributed by atoms with E-state index < -0.39 is 0 Å². The fourth-order valence-corrected chi connectivity index (χ4v) is 2.97. The number of aromatic nitrogens is 1. The van der Waals surface area contributed by atoms with Crippen molar-refractivity contribution >= 4 is 17.4 Å². The summed E-state index contributed by atoms with van der Waals surface area (Å²) in [6.07, 6.45) is 6.87. The van der Waals surface area contributed by atoms with E-state index >= 15 is 0 Å². The Morgan fingerprint density at radius 3 is 2.79 bits per heavy atom. The maximum absolute atomic E-state index is 6.18. The van der Waals surface area contributed by atoms with Crippen LogP contribution < -0.4 is 11.3 Å². The highest BCUT2D eigenvalue weighted by Gasteiger charge is 2.16. The first-order chi connectivity index (χ1) is 9.19. The van der Waals surface area contributed by atoms with Crippen molar-refractivity contribution < 1.29 is 0 Å². The monoisotopic (exact) mass is 282 g/mol. The molecule has 4 nitrogen and oxygen atoms in total. The number of nitrogens with one attached hydrogen (secondary N) is 1. The zero-order valence-electron chi connectivity index (χ0n) is 11.5. The normalized spacial score (nSPS) is 16.8. The Labute approximate surface area is 120 Å². The number of nitrogens with zero attached hydrogens (tertiary/aromatic N) is 2. The molecule has 0 bridgehead atoms. The molecule has 0 radical (unpaired) electrons. The van der Waals surface area contributed by atoms with Gasteiger partial charge in [-0.3, -0.25) is 0 Å². The molecule has 1 saturated carbocycles. The van der Waals surface area contributed by atoms with Gasteiger partial charge in [0.15, 0.2) is 0 Å². The minimum absolute atomic E-state index is 0.658. The Bertz CT molecular complexity index is 404. The number of nitrogens with two attached hydrogens (primary N) is 1. The topological polar surface area (TPSA) is 54.2 Å². The van der Waals surface area contributed by atoms with E-state index in [9.17, 15) is 0 Å². The van der Waals surface area contributed by atoms with E-state index in [1.807, 2.05) is 6.07 Å². The number of pyridine rings is 1. The average molecular weight is 283 g/mol. The first-order valence-corrected chi connectivity index (χ1v) is 7.37. The first kappa shape index (κ1) is 14.6. The van der Waals surface area contributed by atoms with Gasteiger partial charge in [-0.25, -0.2) is 10.8 Å². The molecule has 2 rings (SSSR count). The Morgan fingerprint density at radius 1 is 1.37 bits per heavy atom. The van der Waals surface area contributed by atoms with Crippen LogP contribution in [0.1, 0.15) is 37.8 Å². The van der Waals surface area contributed by atoms with Gasteiger partial charge in [-0.15, -0.1) is 0 Å². The fraction of sp³-hybridized carbons (Fsp3) is 0.643. The summed E-state index contributed by atoms with van der Waals surface area (Å²) in [6.45, 7) is 1.89. The smallest absolute Gasteiger partial charge is 0.140 e. The number of rotatable bonds is 5. The van der Waals surface area contributed by atoms with Crippen LogP contribution in [0.4, 0.5) is 5.82 Å². The van der Waals surface area contributed by atoms with Crippen LogP contribution in [0.15, 0.2) is 12.1 Å². The molecule has 1 fully saturated rings. The van der Waals surface area contributed by atoms with Crippen LogP contribution in [-0.2, 0) is 6.54 Å². The molecule has 0 aliphatic heterocycles. The van der Waals surface area contributed by atoms with Gasteiger partial charge in [0.1, 0.15) is 5.82 Å². The number of nitrogen functional groups attached to an aromatic ring is 1. The minimum atomic E-state index is 0.658. The van der Waals surface area contributed by atoms with Crippen LogP contribution in [-0.4, -0.2) is 23.5 Å². The largest absolute Gasteiger partial charge is 0.308 e. The van der Waals surface area contributed by atoms with Crippen LogP contribution in [0, 0.1) is 5.92 Å². The Morgan fingerprint density at radius 2 is 2.11 bits per heavy atom. The van der Waals surface area contributed by atoms with Gasteiger partial charge in [0, 0.05) is 13.1 Å². The number of anilines is 1. The molecular weight excluding hydrogens is 260 g/mol. The zero-order chi connectivity index (χ0) is 13.7. The molecule has 0 unspecified atom stereocenters. The lowest BCUT2D eigenvalue weighted by molar-refractivity contribution is 0.226. The van der Waals surface area contributed by atoms with E-state index in [-0.39, 0.29) is 0 Å². The molecule has 0 aromatic carbocycles. The van der Waals surface area contributed by atoms with Gasteiger partial charge in [0.25, 0.3) is 0 Å². The average Bonchev–Trinajstić information content (AvgIpc) is 2.42. The van der Waals surface area contributed by atoms with Crippen molar-refractivity contribution in [3.8, 4) is 0 Å². The van der Waals surface area contributed by atoms with Gasteiger partial charge in [-0.1, -0.05) is 30.9 Å². The van der Waals surface area contributed by atoms with Gasteiger partial charge in [0.2, 0.25) is 0 Å². The van der Waals surface area contributed by atoms with Gasteiger partial charge < -0.3 is 10.3 Å². The molecule has 5 heteroatoms.